The van der Waals surface area contributed by atoms with Gasteiger partial charge in [-0.25, -0.2) is 9.59 Å². The van der Waals surface area contributed by atoms with Crippen LogP contribution in [0.25, 0.3) is 0 Å². The Hall–Kier alpha value is -2.55. The number of nitrogens with zero attached hydrogens (tertiary/aromatic N) is 2. The van der Waals surface area contributed by atoms with Gasteiger partial charge in [0, 0.05) is 7.05 Å². The second-order valence-electron chi connectivity index (χ2n) is 3.65. The number of carboxylic acid groups (broad SMARTS) is 1. The molecule has 0 radical (unpaired) electrons. The van der Waals surface area contributed by atoms with Crippen LogP contribution in [0.15, 0.2) is 30.3 Å². The number of hydrogen-bond donors (Lipinski definition) is 2. The van der Waals surface area contributed by atoms with E-state index >= 15 is 0 Å². The van der Waals surface area contributed by atoms with Gasteiger partial charge in [0.25, 0.3) is 0 Å². The van der Waals surface area contributed by atoms with E-state index in [9.17, 15) is 9.59 Å². The molecule has 1 unspecified atom stereocenters. The van der Waals surface area contributed by atoms with Crippen molar-refractivity contribution in [3.8, 4) is 6.07 Å². The number of carbonyl (C=O) groups excluding carboxylic acids is 1. The van der Waals surface area contributed by atoms with E-state index in [2.05, 4.69) is 5.32 Å². The first-order valence-electron chi connectivity index (χ1n) is 5.22. The number of nitriles is 1. The lowest BCUT2D eigenvalue weighted by Crippen LogP contribution is -2.42. The molecule has 18 heavy (non-hydrogen) atoms. The van der Waals surface area contributed by atoms with Gasteiger partial charge >= 0.3 is 12.0 Å². The van der Waals surface area contributed by atoms with Crippen LogP contribution in [-0.2, 0) is 4.79 Å². The summed E-state index contributed by atoms with van der Waals surface area (Å²) in [7, 11) is 1.42. The number of aliphatic carboxylic acids is 1. The zero-order valence-corrected chi connectivity index (χ0v) is 9.83. The van der Waals surface area contributed by atoms with Gasteiger partial charge in [-0.2, -0.15) is 5.26 Å². The Bertz CT molecular complexity index is 467. The Morgan fingerprint density at radius 3 is 2.56 bits per heavy atom. The van der Waals surface area contributed by atoms with Crippen molar-refractivity contribution in [3.05, 3.63) is 35.9 Å². The molecule has 0 saturated heterocycles. The zero-order chi connectivity index (χ0) is 13.5. The van der Waals surface area contributed by atoms with E-state index in [4.69, 9.17) is 10.4 Å². The van der Waals surface area contributed by atoms with Crippen LogP contribution >= 0.6 is 0 Å². The van der Waals surface area contributed by atoms with Crippen molar-refractivity contribution in [2.75, 3.05) is 13.6 Å². The van der Waals surface area contributed by atoms with Crippen LogP contribution in [0.2, 0.25) is 0 Å². The fourth-order valence-electron chi connectivity index (χ4n) is 1.34. The third-order valence-corrected chi connectivity index (χ3v) is 2.30. The largest absolute Gasteiger partial charge is 0.479 e. The van der Waals surface area contributed by atoms with Gasteiger partial charge in [0.2, 0.25) is 0 Å². The van der Waals surface area contributed by atoms with Crippen LogP contribution in [0.1, 0.15) is 11.6 Å². The van der Waals surface area contributed by atoms with Crippen LogP contribution in [-0.4, -0.2) is 35.6 Å². The summed E-state index contributed by atoms with van der Waals surface area (Å²) in [6.07, 6.45) is 0. The molecule has 0 spiro atoms. The molecule has 2 N–H and O–H groups in total. The van der Waals surface area contributed by atoms with E-state index < -0.39 is 18.0 Å². The van der Waals surface area contributed by atoms with Crippen molar-refractivity contribution in [1.29, 1.82) is 5.26 Å². The lowest BCUT2D eigenvalue weighted by molar-refractivity contribution is -0.139. The second kappa shape index (κ2) is 6.25. The minimum atomic E-state index is -1.15. The molecule has 0 aliphatic heterocycles. The summed E-state index contributed by atoms with van der Waals surface area (Å²) in [5.74, 6) is -1.15. The lowest BCUT2D eigenvalue weighted by atomic mass is 10.1. The Kier molecular flexibility index (Phi) is 4.69. The maximum absolute atomic E-state index is 11.6. The van der Waals surface area contributed by atoms with Crippen molar-refractivity contribution >= 4 is 12.0 Å². The van der Waals surface area contributed by atoms with E-state index in [1.54, 1.807) is 30.3 Å². The molecule has 0 aliphatic carbocycles. The van der Waals surface area contributed by atoms with Crippen molar-refractivity contribution < 1.29 is 14.7 Å². The van der Waals surface area contributed by atoms with Crippen LogP contribution in [0.4, 0.5) is 4.79 Å². The first kappa shape index (κ1) is 13.5. The third-order valence-electron chi connectivity index (χ3n) is 2.30. The molecule has 0 saturated carbocycles. The van der Waals surface area contributed by atoms with Crippen molar-refractivity contribution in [2.45, 2.75) is 6.04 Å². The Labute approximate surface area is 104 Å². The van der Waals surface area contributed by atoms with E-state index in [0.29, 0.717) is 5.56 Å². The molecule has 0 bridgehead atoms. The molecule has 0 aromatic heterocycles. The van der Waals surface area contributed by atoms with E-state index in [1.165, 1.54) is 7.05 Å². The monoisotopic (exact) mass is 247 g/mol. The smallest absolute Gasteiger partial charge is 0.330 e. The van der Waals surface area contributed by atoms with Crippen LogP contribution in [0, 0.1) is 11.3 Å². The summed E-state index contributed by atoms with van der Waals surface area (Å²) in [6, 6.07) is 8.45. The molecule has 0 aliphatic rings. The van der Waals surface area contributed by atoms with Crippen LogP contribution < -0.4 is 5.32 Å². The van der Waals surface area contributed by atoms with Gasteiger partial charge in [-0.15, -0.1) is 0 Å². The van der Waals surface area contributed by atoms with E-state index in [0.717, 1.165) is 4.90 Å². The Morgan fingerprint density at radius 2 is 2.06 bits per heavy atom. The molecule has 2 amide bonds. The third kappa shape index (κ3) is 3.49. The summed E-state index contributed by atoms with van der Waals surface area (Å²) in [5.41, 5.74) is 0.476. The second-order valence-corrected chi connectivity index (χ2v) is 3.65. The minimum Gasteiger partial charge on any atom is -0.479 e. The van der Waals surface area contributed by atoms with Crippen LogP contribution in [0.3, 0.4) is 0 Å². The molecule has 6 nitrogen and oxygen atoms in total. The van der Waals surface area contributed by atoms with Gasteiger partial charge in [-0.05, 0) is 5.56 Å². The SMILES string of the molecule is CN(CC#N)C(=O)NC(C(=O)O)c1ccccc1. The molecule has 94 valence electrons. The number of hydrogen-bond acceptors (Lipinski definition) is 3. The molecule has 1 rings (SSSR count). The average Bonchev–Trinajstić information content (AvgIpc) is 2.36. The van der Waals surface area contributed by atoms with Crippen LogP contribution in [0.5, 0.6) is 0 Å². The molecular formula is C12H13N3O3. The summed E-state index contributed by atoms with van der Waals surface area (Å²) < 4.78 is 0. The number of carboxylic acids is 1. The lowest BCUT2D eigenvalue weighted by Gasteiger charge is -2.19. The first-order valence-corrected chi connectivity index (χ1v) is 5.22. The van der Waals surface area contributed by atoms with Crippen molar-refractivity contribution in [3.63, 3.8) is 0 Å². The zero-order valence-electron chi connectivity index (χ0n) is 9.83. The Balaban J connectivity index is 2.80. The van der Waals surface area contributed by atoms with Gasteiger partial charge in [-0.1, -0.05) is 30.3 Å². The normalized spacial score (nSPS) is 11.1. The maximum Gasteiger partial charge on any atom is 0.330 e. The number of amides is 2. The number of nitrogens with one attached hydrogen (secondary N) is 1. The van der Waals surface area contributed by atoms with E-state index in [1.807, 2.05) is 6.07 Å². The highest BCUT2D eigenvalue weighted by Gasteiger charge is 2.23. The summed E-state index contributed by atoms with van der Waals surface area (Å²) in [4.78, 5) is 23.8. The van der Waals surface area contributed by atoms with Gasteiger partial charge in [-0.3, -0.25) is 0 Å². The Morgan fingerprint density at radius 1 is 1.44 bits per heavy atom. The molecule has 1 aromatic carbocycles. The predicted octanol–water partition coefficient (Wildman–Crippen LogP) is 0.977. The predicted molar refractivity (Wildman–Crippen MR) is 63.6 cm³/mol. The van der Waals surface area contributed by atoms with Crippen molar-refractivity contribution in [1.82, 2.24) is 10.2 Å². The highest BCUT2D eigenvalue weighted by atomic mass is 16.4. The first-order chi connectivity index (χ1) is 8.56. The summed E-state index contributed by atoms with van der Waals surface area (Å²) in [5, 5.41) is 19.9. The molecule has 1 aromatic rings. The molecule has 0 fully saturated rings. The standard InChI is InChI=1S/C12H13N3O3/c1-15(8-7-13)12(18)14-10(11(16)17)9-5-3-2-4-6-9/h2-6,10H,8H2,1H3,(H,14,18)(H,16,17). The highest BCUT2D eigenvalue weighted by Crippen LogP contribution is 2.12. The quantitative estimate of drug-likeness (QED) is 0.775. The molecule has 1 atom stereocenters. The fourth-order valence-corrected chi connectivity index (χ4v) is 1.34. The highest BCUT2D eigenvalue weighted by molar-refractivity contribution is 5.83. The summed E-state index contributed by atoms with van der Waals surface area (Å²) in [6.45, 7) is -0.104. The van der Waals surface area contributed by atoms with E-state index in [-0.39, 0.29) is 6.54 Å². The topological polar surface area (TPSA) is 93.4 Å². The maximum atomic E-state index is 11.6. The minimum absolute atomic E-state index is 0.104. The number of benzene rings is 1. The number of urea groups is 1. The van der Waals surface area contributed by atoms with Crippen molar-refractivity contribution in [2.24, 2.45) is 0 Å². The average molecular weight is 247 g/mol. The van der Waals surface area contributed by atoms with Gasteiger partial charge in [0.05, 0.1) is 6.07 Å². The van der Waals surface area contributed by atoms with Gasteiger partial charge in [0.15, 0.2) is 6.04 Å². The summed E-state index contributed by atoms with van der Waals surface area (Å²) >= 11 is 0. The fraction of sp³-hybridized carbons (Fsp3) is 0.250. The van der Waals surface area contributed by atoms with Gasteiger partial charge < -0.3 is 15.3 Å². The number of rotatable bonds is 4. The molecule has 0 heterocycles. The van der Waals surface area contributed by atoms with Gasteiger partial charge in [0.1, 0.15) is 6.54 Å². The molecular weight excluding hydrogens is 234 g/mol. The molecule has 6 heteroatoms. The number of carbonyl (C=O) groups is 2.